The highest BCUT2D eigenvalue weighted by Gasteiger charge is 2.13. The fourth-order valence-electron chi connectivity index (χ4n) is 1.46. The number of benzene rings is 1. The molecule has 1 heterocycles. The second-order valence-electron chi connectivity index (χ2n) is 3.77. The molecule has 8 heteroatoms. The van der Waals surface area contributed by atoms with Gasteiger partial charge in [-0.1, -0.05) is 12.1 Å². The van der Waals surface area contributed by atoms with E-state index in [0.717, 1.165) is 6.07 Å². The van der Waals surface area contributed by atoms with E-state index in [1.54, 1.807) is 0 Å². The van der Waals surface area contributed by atoms with Gasteiger partial charge in [-0.25, -0.2) is 18.7 Å². The predicted octanol–water partition coefficient (Wildman–Crippen LogP) is 3.46. The quantitative estimate of drug-likeness (QED) is 0.849. The normalized spacial score (nSPS) is 10.4. The molecule has 0 spiro atoms. The van der Waals surface area contributed by atoms with Gasteiger partial charge in [-0.05, 0) is 37.9 Å². The van der Waals surface area contributed by atoms with Crippen molar-refractivity contribution in [3.05, 3.63) is 50.8 Å². The Morgan fingerprint density at radius 1 is 1.30 bits per heavy atom. The molecule has 0 aliphatic heterocycles. The lowest BCUT2D eigenvalue weighted by Gasteiger charge is -2.07. The van der Waals surface area contributed by atoms with Crippen LogP contribution in [-0.4, -0.2) is 15.9 Å². The molecule has 20 heavy (non-hydrogen) atoms. The average molecular weight is 407 g/mol. The van der Waals surface area contributed by atoms with Crippen LogP contribution in [0, 0.1) is 11.6 Å². The summed E-state index contributed by atoms with van der Waals surface area (Å²) < 4.78 is 27.3. The third-order valence-electron chi connectivity index (χ3n) is 2.34. The minimum absolute atomic E-state index is 0.0244. The van der Waals surface area contributed by atoms with Gasteiger partial charge in [0.05, 0.1) is 12.6 Å². The maximum absolute atomic E-state index is 13.4. The summed E-state index contributed by atoms with van der Waals surface area (Å²) in [6.45, 7) is 0. The first kappa shape index (κ1) is 15.0. The van der Waals surface area contributed by atoms with Crippen LogP contribution >= 0.6 is 31.9 Å². The largest absolute Gasteiger partial charge is 0.308 e. The molecule has 0 atom stereocenters. The van der Waals surface area contributed by atoms with Gasteiger partial charge in [0.1, 0.15) is 9.21 Å². The molecule has 0 fully saturated rings. The van der Waals surface area contributed by atoms with Crippen LogP contribution in [0.15, 0.2) is 33.6 Å². The van der Waals surface area contributed by atoms with Crippen molar-refractivity contribution >= 4 is 43.6 Å². The summed E-state index contributed by atoms with van der Waals surface area (Å²) in [5.74, 6) is -2.33. The van der Waals surface area contributed by atoms with Crippen LogP contribution in [0.2, 0.25) is 0 Å². The number of carbonyl (C=O) groups is 1. The first-order valence-corrected chi connectivity index (χ1v) is 6.96. The number of nitrogens with one attached hydrogen (secondary N) is 1. The molecule has 2 rings (SSSR count). The summed E-state index contributed by atoms with van der Waals surface area (Å²) in [7, 11) is 0. The van der Waals surface area contributed by atoms with E-state index in [1.807, 2.05) is 0 Å². The van der Waals surface area contributed by atoms with E-state index in [1.165, 1.54) is 18.3 Å². The van der Waals surface area contributed by atoms with Gasteiger partial charge < -0.3 is 5.32 Å². The van der Waals surface area contributed by atoms with Crippen LogP contribution in [0.5, 0.6) is 0 Å². The molecular weight excluding hydrogens is 400 g/mol. The Morgan fingerprint density at radius 2 is 2.05 bits per heavy atom. The molecule has 104 valence electrons. The fraction of sp³-hybridized carbons (Fsp3) is 0.0833. The van der Waals surface area contributed by atoms with Gasteiger partial charge in [-0.2, -0.15) is 0 Å². The molecule has 2 aromatic rings. The fourth-order valence-corrected chi connectivity index (χ4v) is 2.37. The first-order chi connectivity index (χ1) is 9.47. The van der Waals surface area contributed by atoms with Gasteiger partial charge in [0.15, 0.2) is 17.5 Å². The van der Waals surface area contributed by atoms with Gasteiger partial charge in [0, 0.05) is 5.56 Å². The van der Waals surface area contributed by atoms with Crippen molar-refractivity contribution in [2.24, 2.45) is 0 Å². The number of halogens is 4. The number of aromatic nitrogens is 2. The standard InChI is InChI=1S/C12H7Br2F2N3O/c13-8-5-17-12(11(14)18-8)19-9(20)4-6-2-1-3-7(15)10(6)16/h1-3,5H,4H2,(H,17,19,20). The smallest absolute Gasteiger partial charge is 0.230 e. The average Bonchev–Trinajstić information content (AvgIpc) is 2.38. The van der Waals surface area contributed by atoms with Crippen molar-refractivity contribution in [1.82, 2.24) is 9.97 Å². The second-order valence-corrected chi connectivity index (χ2v) is 5.33. The predicted molar refractivity (Wildman–Crippen MR) is 76.1 cm³/mol. The van der Waals surface area contributed by atoms with Crippen LogP contribution in [0.4, 0.5) is 14.6 Å². The van der Waals surface area contributed by atoms with Crippen molar-refractivity contribution in [2.45, 2.75) is 6.42 Å². The number of hydrogen-bond acceptors (Lipinski definition) is 3. The minimum Gasteiger partial charge on any atom is -0.308 e. The lowest BCUT2D eigenvalue weighted by Crippen LogP contribution is -2.17. The Kier molecular flexibility index (Phi) is 4.77. The maximum Gasteiger partial charge on any atom is 0.230 e. The second kappa shape index (κ2) is 6.36. The summed E-state index contributed by atoms with van der Waals surface area (Å²) >= 11 is 6.26. The van der Waals surface area contributed by atoms with E-state index in [-0.39, 0.29) is 17.8 Å². The highest BCUT2D eigenvalue weighted by Crippen LogP contribution is 2.20. The lowest BCUT2D eigenvalue weighted by atomic mass is 10.1. The van der Waals surface area contributed by atoms with Crippen molar-refractivity contribution in [3.8, 4) is 0 Å². The van der Waals surface area contributed by atoms with Gasteiger partial charge in [0.2, 0.25) is 5.91 Å². The maximum atomic E-state index is 13.4. The number of amides is 1. The van der Waals surface area contributed by atoms with E-state index < -0.39 is 17.5 Å². The highest BCUT2D eigenvalue weighted by atomic mass is 79.9. The zero-order valence-corrected chi connectivity index (χ0v) is 13.0. The Bertz CT molecular complexity index is 667. The Labute approximate surface area is 129 Å². The molecule has 0 saturated heterocycles. The SMILES string of the molecule is O=C(Cc1cccc(F)c1F)Nc1ncc(Br)nc1Br. The third kappa shape index (κ3) is 3.57. The van der Waals surface area contributed by atoms with Gasteiger partial charge in [-0.3, -0.25) is 4.79 Å². The molecule has 0 bridgehead atoms. The van der Waals surface area contributed by atoms with Crippen LogP contribution in [0.25, 0.3) is 0 Å². The molecule has 0 aliphatic carbocycles. The number of carbonyl (C=O) groups excluding carboxylic acids is 1. The summed E-state index contributed by atoms with van der Waals surface area (Å²) in [5, 5.41) is 2.46. The molecule has 1 aromatic carbocycles. The summed E-state index contributed by atoms with van der Waals surface area (Å²) in [6.07, 6.45) is 1.11. The minimum atomic E-state index is -1.02. The van der Waals surface area contributed by atoms with Crippen molar-refractivity contribution in [1.29, 1.82) is 0 Å². The molecule has 0 aliphatic rings. The van der Waals surface area contributed by atoms with Crippen LogP contribution in [0.1, 0.15) is 5.56 Å². The van der Waals surface area contributed by atoms with Crippen LogP contribution < -0.4 is 5.32 Å². The highest BCUT2D eigenvalue weighted by molar-refractivity contribution is 9.11. The van der Waals surface area contributed by atoms with E-state index in [2.05, 4.69) is 47.1 Å². The zero-order valence-electron chi connectivity index (χ0n) is 9.83. The Hall–Kier alpha value is -1.41. The summed E-state index contributed by atoms with van der Waals surface area (Å²) in [4.78, 5) is 19.7. The van der Waals surface area contributed by atoms with E-state index in [9.17, 15) is 13.6 Å². The van der Waals surface area contributed by atoms with Gasteiger partial charge in [-0.15, -0.1) is 0 Å². The Morgan fingerprint density at radius 3 is 2.75 bits per heavy atom. The van der Waals surface area contributed by atoms with Crippen molar-refractivity contribution in [2.75, 3.05) is 5.32 Å². The van der Waals surface area contributed by atoms with Crippen LogP contribution in [-0.2, 0) is 11.2 Å². The Balaban J connectivity index is 2.11. The molecule has 4 nitrogen and oxygen atoms in total. The summed E-state index contributed by atoms with van der Waals surface area (Å²) in [5.41, 5.74) is -0.0244. The first-order valence-electron chi connectivity index (χ1n) is 5.38. The van der Waals surface area contributed by atoms with E-state index in [4.69, 9.17) is 0 Å². The van der Waals surface area contributed by atoms with Gasteiger partial charge in [0.25, 0.3) is 0 Å². The molecule has 1 amide bonds. The van der Waals surface area contributed by atoms with Crippen molar-refractivity contribution < 1.29 is 13.6 Å². The molecule has 0 saturated carbocycles. The zero-order chi connectivity index (χ0) is 14.7. The number of rotatable bonds is 3. The van der Waals surface area contributed by atoms with E-state index >= 15 is 0 Å². The number of hydrogen-bond donors (Lipinski definition) is 1. The molecule has 1 N–H and O–H groups in total. The van der Waals surface area contributed by atoms with E-state index in [0.29, 0.717) is 9.21 Å². The van der Waals surface area contributed by atoms with Crippen LogP contribution in [0.3, 0.4) is 0 Å². The topological polar surface area (TPSA) is 54.9 Å². The number of nitrogens with zero attached hydrogens (tertiary/aromatic N) is 2. The van der Waals surface area contributed by atoms with Crippen molar-refractivity contribution in [3.63, 3.8) is 0 Å². The van der Waals surface area contributed by atoms with Gasteiger partial charge >= 0.3 is 0 Å². The number of anilines is 1. The monoisotopic (exact) mass is 405 g/mol. The molecule has 0 unspecified atom stereocenters. The molecule has 1 aromatic heterocycles. The molecular formula is C12H7Br2F2N3O. The third-order valence-corrected chi connectivity index (χ3v) is 3.28. The lowest BCUT2D eigenvalue weighted by molar-refractivity contribution is -0.115. The summed E-state index contributed by atoms with van der Waals surface area (Å²) in [6, 6.07) is 3.68. The molecule has 0 radical (unpaired) electrons.